The number of alkyl halides is 1. The zero-order chi connectivity index (χ0) is 13.0. The number of halogens is 1. The lowest BCUT2D eigenvalue weighted by molar-refractivity contribution is -0.121. The molecule has 0 heterocycles. The number of ether oxygens (including phenoxy) is 1. The van der Waals surface area contributed by atoms with Crippen molar-refractivity contribution in [3.8, 4) is 5.75 Å². The summed E-state index contributed by atoms with van der Waals surface area (Å²) in [7, 11) is 1.66. The molecule has 0 spiro atoms. The van der Waals surface area contributed by atoms with E-state index in [1.54, 1.807) is 7.11 Å². The largest absolute Gasteiger partial charge is 0.497 e. The summed E-state index contributed by atoms with van der Waals surface area (Å²) in [5, 5.41) is 3.05. The van der Waals surface area contributed by atoms with E-state index in [0.29, 0.717) is 12.3 Å². The predicted molar refractivity (Wildman–Crippen MR) is 72.2 cm³/mol. The molecule has 1 N–H and O–H groups in total. The van der Waals surface area contributed by atoms with E-state index in [1.807, 2.05) is 12.1 Å². The average Bonchev–Trinajstić information content (AvgIpc) is 2.39. The van der Waals surface area contributed by atoms with Crippen LogP contribution in [-0.4, -0.2) is 18.9 Å². The average molecular weight is 268 g/mol. The molecule has 0 aliphatic heterocycles. The summed E-state index contributed by atoms with van der Waals surface area (Å²) in [6, 6.07) is 6.19. The smallest absolute Gasteiger partial charge is 0.221 e. The Morgan fingerprint density at radius 2 is 2.39 bits per heavy atom. The Balaban J connectivity index is 2.18. The van der Waals surface area contributed by atoms with Gasteiger partial charge in [0.2, 0.25) is 5.91 Å². The van der Waals surface area contributed by atoms with Crippen molar-refractivity contribution in [1.82, 2.24) is 5.32 Å². The van der Waals surface area contributed by atoms with Crippen LogP contribution in [0.4, 0.5) is 0 Å². The molecule has 1 aliphatic carbocycles. The molecule has 1 aliphatic rings. The number of hydrogen-bond acceptors (Lipinski definition) is 2. The van der Waals surface area contributed by atoms with E-state index in [2.05, 4.69) is 11.4 Å². The van der Waals surface area contributed by atoms with Crippen LogP contribution in [0.2, 0.25) is 0 Å². The summed E-state index contributed by atoms with van der Waals surface area (Å²) in [5.74, 6) is 1.22. The Bertz CT molecular complexity index is 434. The molecule has 1 amide bonds. The van der Waals surface area contributed by atoms with Crippen molar-refractivity contribution < 1.29 is 9.53 Å². The predicted octanol–water partition coefficient (Wildman–Crippen LogP) is 2.82. The van der Waals surface area contributed by atoms with Crippen molar-refractivity contribution in [3.05, 3.63) is 29.3 Å². The standard InChI is InChI=1S/C14H18ClNO2/c1-18-11-6-5-10-3-2-4-13(12(10)9-11)16-14(17)7-8-15/h5-6,9,13H,2-4,7-8H2,1H3,(H,16,17). The highest BCUT2D eigenvalue weighted by atomic mass is 35.5. The molecule has 0 saturated carbocycles. The molecule has 0 fully saturated rings. The van der Waals surface area contributed by atoms with E-state index in [1.165, 1.54) is 11.1 Å². The first-order valence-electron chi connectivity index (χ1n) is 6.26. The number of rotatable bonds is 4. The molecule has 1 unspecified atom stereocenters. The molecule has 1 atom stereocenters. The molecule has 4 heteroatoms. The van der Waals surface area contributed by atoms with Crippen LogP contribution in [0.3, 0.4) is 0 Å². The van der Waals surface area contributed by atoms with Gasteiger partial charge in [0, 0.05) is 12.3 Å². The topological polar surface area (TPSA) is 38.3 Å². The number of carbonyl (C=O) groups excluding carboxylic acids is 1. The zero-order valence-electron chi connectivity index (χ0n) is 10.5. The molecule has 98 valence electrons. The molecule has 0 radical (unpaired) electrons. The minimum Gasteiger partial charge on any atom is -0.497 e. The van der Waals surface area contributed by atoms with Gasteiger partial charge in [0.05, 0.1) is 13.2 Å². The Morgan fingerprint density at radius 1 is 1.56 bits per heavy atom. The molecule has 1 aromatic rings. The van der Waals surface area contributed by atoms with Gasteiger partial charge in [-0.1, -0.05) is 6.07 Å². The first kappa shape index (κ1) is 13.2. The van der Waals surface area contributed by atoms with Crippen molar-refractivity contribution in [2.75, 3.05) is 13.0 Å². The van der Waals surface area contributed by atoms with Gasteiger partial charge in [0.15, 0.2) is 0 Å². The second-order valence-corrected chi connectivity index (χ2v) is 4.89. The maximum Gasteiger partial charge on any atom is 0.221 e. The Labute approximate surface area is 112 Å². The number of fused-ring (bicyclic) bond motifs is 1. The highest BCUT2D eigenvalue weighted by Gasteiger charge is 2.22. The third-order valence-electron chi connectivity index (χ3n) is 3.32. The van der Waals surface area contributed by atoms with Gasteiger partial charge in [-0.2, -0.15) is 0 Å². The third-order valence-corrected chi connectivity index (χ3v) is 3.51. The van der Waals surface area contributed by atoms with E-state index in [9.17, 15) is 4.79 Å². The number of aryl methyl sites for hydroxylation is 1. The lowest BCUT2D eigenvalue weighted by Gasteiger charge is -2.26. The SMILES string of the molecule is COc1ccc2c(c1)C(NC(=O)CCCl)CCC2. The number of hydrogen-bond donors (Lipinski definition) is 1. The molecular formula is C14H18ClNO2. The number of methoxy groups -OCH3 is 1. The minimum absolute atomic E-state index is 0.0191. The minimum atomic E-state index is 0.0191. The van der Waals surface area contributed by atoms with Gasteiger partial charge >= 0.3 is 0 Å². The van der Waals surface area contributed by atoms with Crippen LogP contribution in [0.5, 0.6) is 5.75 Å². The monoisotopic (exact) mass is 267 g/mol. The Morgan fingerprint density at radius 3 is 3.11 bits per heavy atom. The maximum absolute atomic E-state index is 11.6. The van der Waals surface area contributed by atoms with Crippen LogP contribution in [0.15, 0.2) is 18.2 Å². The molecule has 2 rings (SSSR count). The van der Waals surface area contributed by atoms with Gasteiger partial charge in [0.1, 0.15) is 5.75 Å². The fraction of sp³-hybridized carbons (Fsp3) is 0.500. The second kappa shape index (κ2) is 6.10. The Hall–Kier alpha value is -1.22. The normalized spacial score (nSPS) is 18.0. The van der Waals surface area contributed by atoms with Crippen LogP contribution in [0, 0.1) is 0 Å². The molecule has 18 heavy (non-hydrogen) atoms. The summed E-state index contributed by atoms with van der Waals surface area (Å²) in [4.78, 5) is 11.6. The zero-order valence-corrected chi connectivity index (χ0v) is 11.3. The molecule has 0 aromatic heterocycles. The molecule has 0 bridgehead atoms. The van der Waals surface area contributed by atoms with E-state index in [4.69, 9.17) is 16.3 Å². The molecular weight excluding hydrogens is 250 g/mol. The summed E-state index contributed by atoms with van der Waals surface area (Å²) < 4.78 is 5.25. The van der Waals surface area contributed by atoms with Crippen molar-refractivity contribution in [2.45, 2.75) is 31.7 Å². The van der Waals surface area contributed by atoms with Crippen molar-refractivity contribution >= 4 is 17.5 Å². The van der Waals surface area contributed by atoms with E-state index in [-0.39, 0.29) is 11.9 Å². The van der Waals surface area contributed by atoms with Crippen molar-refractivity contribution in [3.63, 3.8) is 0 Å². The molecule has 3 nitrogen and oxygen atoms in total. The van der Waals surface area contributed by atoms with Crippen LogP contribution in [0.25, 0.3) is 0 Å². The van der Waals surface area contributed by atoms with Crippen molar-refractivity contribution in [2.24, 2.45) is 0 Å². The van der Waals surface area contributed by atoms with Crippen molar-refractivity contribution in [1.29, 1.82) is 0 Å². The first-order valence-corrected chi connectivity index (χ1v) is 6.80. The highest BCUT2D eigenvalue weighted by molar-refractivity contribution is 6.18. The number of nitrogens with one attached hydrogen (secondary N) is 1. The quantitative estimate of drug-likeness (QED) is 0.852. The van der Waals surface area contributed by atoms with Gasteiger partial charge < -0.3 is 10.1 Å². The first-order chi connectivity index (χ1) is 8.74. The molecule has 1 aromatic carbocycles. The van der Waals surface area contributed by atoms with E-state index >= 15 is 0 Å². The van der Waals surface area contributed by atoms with Gasteiger partial charge in [-0.25, -0.2) is 0 Å². The van der Waals surface area contributed by atoms with Crippen LogP contribution in [0.1, 0.15) is 36.4 Å². The Kier molecular flexibility index (Phi) is 4.48. The number of benzene rings is 1. The van der Waals surface area contributed by atoms with Gasteiger partial charge in [-0.3, -0.25) is 4.79 Å². The highest BCUT2D eigenvalue weighted by Crippen LogP contribution is 2.32. The summed E-state index contributed by atoms with van der Waals surface area (Å²) in [5.41, 5.74) is 2.49. The third kappa shape index (κ3) is 2.96. The molecule has 0 saturated heterocycles. The van der Waals surface area contributed by atoms with Crippen LogP contribution < -0.4 is 10.1 Å². The van der Waals surface area contributed by atoms with E-state index in [0.717, 1.165) is 25.0 Å². The van der Waals surface area contributed by atoms with Crippen LogP contribution >= 0.6 is 11.6 Å². The summed E-state index contributed by atoms with van der Waals surface area (Å²) >= 11 is 5.58. The maximum atomic E-state index is 11.6. The summed E-state index contributed by atoms with van der Waals surface area (Å²) in [6.07, 6.45) is 3.53. The number of carbonyl (C=O) groups is 1. The summed E-state index contributed by atoms with van der Waals surface area (Å²) in [6.45, 7) is 0. The fourth-order valence-corrected chi connectivity index (χ4v) is 2.58. The fourth-order valence-electron chi connectivity index (χ4n) is 2.41. The van der Waals surface area contributed by atoms with Gasteiger partial charge in [-0.05, 0) is 42.5 Å². The second-order valence-electron chi connectivity index (χ2n) is 4.52. The van der Waals surface area contributed by atoms with Crippen LogP contribution in [-0.2, 0) is 11.2 Å². The van der Waals surface area contributed by atoms with E-state index < -0.39 is 0 Å². The van der Waals surface area contributed by atoms with Gasteiger partial charge in [-0.15, -0.1) is 11.6 Å². The number of amides is 1. The lowest BCUT2D eigenvalue weighted by atomic mass is 9.87. The van der Waals surface area contributed by atoms with Gasteiger partial charge in [0.25, 0.3) is 0 Å². The lowest BCUT2D eigenvalue weighted by Crippen LogP contribution is -2.31.